The standard InChI is InChI=1S/C13H21N/c1-3-5-9-12(8-4-2)13-10-6-7-11-14-13/h6-7,10-12H,3-5,8-9H2,1-2H3. The molecule has 1 unspecified atom stereocenters. The molecule has 0 amide bonds. The smallest absolute Gasteiger partial charge is 0.0434 e. The molecule has 0 aliphatic carbocycles. The van der Waals surface area contributed by atoms with E-state index in [0.29, 0.717) is 5.92 Å². The second-order valence-electron chi connectivity index (χ2n) is 3.88. The number of unbranched alkanes of at least 4 members (excludes halogenated alkanes) is 1. The summed E-state index contributed by atoms with van der Waals surface area (Å²) < 4.78 is 0. The van der Waals surface area contributed by atoms with E-state index < -0.39 is 0 Å². The molecule has 1 atom stereocenters. The van der Waals surface area contributed by atoms with Crippen molar-refractivity contribution in [3.05, 3.63) is 30.1 Å². The van der Waals surface area contributed by atoms with Crippen LogP contribution in [0, 0.1) is 0 Å². The van der Waals surface area contributed by atoms with Gasteiger partial charge >= 0.3 is 0 Å². The number of hydrogen-bond donors (Lipinski definition) is 0. The molecule has 1 nitrogen and oxygen atoms in total. The highest BCUT2D eigenvalue weighted by molar-refractivity contribution is 5.09. The lowest BCUT2D eigenvalue weighted by atomic mass is 9.93. The van der Waals surface area contributed by atoms with Gasteiger partial charge in [-0.1, -0.05) is 39.2 Å². The zero-order valence-corrected chi connectivity index (χ0v) is 9.37. The Labute approximate surface area is 87.6 Å². The molecule has 0 radical (unpaired) electrons. The van der Waals surface area contributed by atoms with Crippen LogP contribution in [0.25, 0.3) is 0 Å². The Morgan fingerprint density at radius 3 is 2.57 bits per heavy atom. The average Bonchev–Trinajstić information content (AvgIpc) is 2.25. The Balaban J connectivity index is 2.58. The first kappa shape index (κ1) is 11.2. The molecule has 78 valence electrons. The highest BCUT2D eigenvalue weighted by atomic mass is 14.7. The summed E-state index contributed by atoms with van der Waals surface area (Å²) in [6.07, 6.45) is 8.33. The average molecular weight is 191 g/mol. The SMILES string of the molecule is CCCCC(CCC)c1ccccn1. The van der Waals surface area contributed by atoms with Crippen molar-refractivity contribution in [2.75, 3.05) is 0 Å². The summed E-state index contributed by atoms with van der Waals surface area (Å²) in [5.41, 5.74) is 1.28. The molecule has 1 rings (SSSR count). The molecule has 1 aromatic rings. The van der Waals surface area contributed by atoms with Gasteiger partial charge in [0.1, 0.15) is 0 Å². The first-order valence-corrected chi connectivity index (χ1v) is 5.79. The van der Waals surface area contributed by atoms with E-state index in [1.54, 1.807) is 0 Å². The van der Waals surface area contributed by atoms with Crippen LogP contribution in [0.4, 0.5) is 0 Å². The van der Waals surface area contributed by atoms with Gasteiger partial charge in [0.2, 0.25) is 0 Å². The van der Waals surface area contributed by atoms with Crippen LogP contribution in [0.1, 0.15) is 57.6 Å². The molecule has 0 saturated heterocycles. The fourth-order valence-corrected chi connectivity index (χ4v) is 1.86. The van der Waals surface area contributed by atoms with Crippen molar-refractivity contribution in [3.8, 4) is 0 Å². The quantitative estimate of drug-likeness (QED) is 0.658. The minimum Gasteiger partial charge on any atom is -0.261 e. The van der Waals surface area contributed by atoms with E-state index >= 15 is 0 Å². The van der Waals surface area contributed by atoms with E-state index in [9.17, 15) is 0 Å². The molecule has 1 heteroatoms. The first-order chi connectivity index (χ1) is 6.88. The molecule has 0 aliphatic heterocycles. The Morgan fingerprint density at radius 1 is 1.14 bits per heavy atom. The second-order valence-corrected chi connectivity index (χ2v) is 3.88. The third-order valence-electron chi connectivity index (χ3n) is 2.65. The molecule has 0 fully saturated rings. The summed E-state index contributed by atoms with van der Waals surface area (Å²) in [5, 5.41) is 0. The summed E-state index contributed by atoms with van der Waals surface area (Å²) in [5.74, 6) is 0.682. The van der Waals surface area contributed by atoms with Crippen molar-refractivity contribution in [2.45, 2.75) is 51.9 Å². The van der Waals surface area contributed by atoms with Crippen LogP contribution in [0.5, 0.6) is 0 Å². The molecule has 0 N–H and O–H groups in total. The van der Waals surface area contributed by atoms with E-state index in [-0.39, 0.29) is 0 Å². The van der Waals surface area contributed by atoms with E-state index in [2.05, 4.69) is 31.0 Å². The lowest BCUT2D eigenvalue weighted by Crippen LogP contribution is -2.00. The van der Waals surface area contributed by atoms with Crippen molar-refractivity contribution in [2.24, 2.45) is 0 Å². The van der Waals surface area contributed by atoms with Gasteiger partial charge in [0.05, 0.1) is 0 Å². The summed E-state index contributed by atoms with van der Waals surface area (Å²) in [6, 6.07) is 6.25. The van der Waals surface area contributed by atoms with Gasteiger partial charge in [0, 0.05) is 17.8 Å². The lowest BCUT2D eigenvalue weighted by Gasteiger charge is -2.14. The van der Waals surface area contributed by atoms with Gasteiger partial charge in [-0.15, -0.1) is 0 Å². The van der Waals surface area contributed by atoms with Crippen LogP contribution in [0.3, 0.4) is 0 Å². The molecule has 0 bridgehead atoms. The van der Waals surface area contributed by atoms with Crippen molar-refractivity contribution in [1.82, 2.24) is 4.98 Å². The van der Waals surface area contributed by atoms with Gasteiger partial charge < -0.3 is 0 Å². The van der Waals surface area contributed by atoms with Gasteiger partial charge in [-0.25, -0.2) is 0 Å². The van der Waals surface area contributed by atoms with Crippen molar-refractivity contribution >= 4 is 0 Å². The maximum Gasteiger partial charge on any atom is 0.0434 e. The molecule has 1 heterocycles. The fraction of sp³-hybridized carbons (Fsp3) is 0.615. The van der Waals surface area contributed by atoms with Crippen LogP contribution in [0.2, 0.25) is 0 Å². The third-order valence-corrected chi connectivity index (χ3v) is 2.65. The predicted molar refractivity (Wildman–Crippen MR) is 61.4 cm³/mol. The number of hydrogen-bond acceptors (Lipinski definition) is 1. The third kappa shape index (κ3) is 3.49. The van der Waals surface area contributed by atoms with Crippen LogP contribution in [-0.4, -0.2) is 4.98 Å². The Kier molecular flexibility index (Phi) is 5.28. The van der Waals surface area contributed by atoms with Crippen LogP contribution in [0.15, 0.2) is 24.4 Å². The van der Waals surface area contributed by atoms with Gasteiger partial charge in [-0.05, 0) is 25.0 Å². The minimum atomic E-state index is 0.682. The largest absolute Gasteiger partial charge is 0.261 e. The zero-order chi connectivity index (χ0) is 10.2. The van der Waals surface area contributed by atoms with E-state index in [0.717, 1.165) is 0 Å². The van der Waals surface area contributed by atoms with E-state index in [1.807, 2.05) is 12.3 Å². The maximum absolute atomic E-state index is 4.45. The Bertz CT molecular complexity index is 230. The van der Waals surface area contributed by atoms with Crippen molar-refractivity contribution < 1.29 is 0 Å². The van der Waals surface area contributed by atoms with Crippen molar-refractivity contribution in [1.29, 1.82) is 0 Å². The Morgan fingerprint density at radius 2 is 2.00 bits per heavy atom. The van der Waals surface area contributed by atoms with Crippen LogP contribution >= 0.6 is 0 Å². The highest BCUT2D eigenvalue weighted by Gasteiger charge is 2.10. The molecule has 0 saturated carbocycles. The van der Waals surface area contributed by atoms with Gasteiger partial charge in [0.25, 0.3) is 0 Å². The van der Waals surface area contributed by atoms with Gasteiger partial charge in [0.15, 0.2) is 0 Å². The Hall–Kier alpha value is -0.850. The number of aromatic nitrogens is 1. The number of nitrogens with zero attached hydrogens (tertiary/aromatic N) is 1. The molecule has 1 aromatic heterocycles. The topological polar surface area (TPSA) is 12.9 Å². The molecule has 0 aliphatic rings. The molecule has 0 aromatic carbocycles. The second kappa shape index (κ2) is 6.58. The summed E-state index contributed by atoms with van der Waals surface area (Å²) in [7, 11) is 0. The molecule has 0 spiro atoms. The lowest BCUT2D eigenvalue weighted by molar-refractivity contribution is 0.530. The summed E-state index contributed by atoms with van der Waals surface area (Å²) in [6.45, 7) is 4.50. The minimum absolute atomic E-state index is 0.682. The fourth-order valence-electron chi connectivity index (χ4n) is 1.86. The summed E-state index contributed by atoms with van der Waals surface area (Å²) >= 11 is 0. The zero-order valence-electron chi connectivity index (χ0n) is 9.37. The normalized spacial score (nSPS) is 12.7. The highest BCUT2D eigenvalue weighted by Crippen LogP contribution is 2.24. The van der Waals surface area contributed by atoms with E-state index in [4.69, 9.17) is 0 Å². The summed E-state index contributed by atoms with van der Waals surface area (Å²) in [4.78, 5) is 4.45. The monoisotopic (exact) mass is 191 g/mol. The van der Waals surface area contributed by atoms with Gasteiger partial charge in [-0.3, -0.25) is 4.98 Å². The van der Waals surface area contributed by atoms with E-state index in [1.165, 1.54) is 37.8 Å². The molecular formula is C13H21N. The van der Waals surface area contributed by atoms with Crippen LogP contribution in [-0.2, 0) is 0 Å². The first-order valence-electron chi connectivity index (χ1n) is 5.79. The van der Waals surface area contributed by atoms with Crippen LogP contribution < -0.4 is 0 Å². The van der Waals surface area contributed by atoms with Crippen molar-refractivity contribution in [3.63, 3.8) is 0 Å². The predicted octanol–water partition coefficient (Wildman–Crippen LogP) is 4.16. The van der Waals surface area contributed by atoms with Gasteiger partial charge in [-0.2, -0.15) is 0 Å². The maximum atomic E-state index is 4.45. The number of pyridine rings is 1. The number of rotatable bonds is 6. The molecule has 14 heavy (non-hydrogen) atoms. The molecular weight excluding hydrogens is 170 g/mol.